The molecule has 0 atom stereocenters. The Kier molecular flexibility index (Phi) is 6.15. The minimum absolute atomic E-state index is 0.564. The summed E-state index contributed by atoms with van der Waals surface area (Å²) in [4.78, 5) is 0. The highest BCUT2D eigenvalue weighted by Gasteiger charge is 2.16. The van der Waals surface area contributed by atoms with Gasteiger partial charge in [-0.3, -0.25) is 0 Å². The van der Waals surface area contributed by atoms with Gasteiger partial charge in [0.1, 0.15) is 0 Å². The zero-order valence-corrected chi connectivity index (χ0v) is 8.55. The SMILES string of the molecule is CCOCCNCCOC1CCC1. The number of nitrogens with one attached hydrogen (secondary N) is 1. The summed E-state index contributed by atoms with van der Waals surface area (Å²) in [5.41, 5.74) is 0. The number of rotatable bonds is 8. The second kappa shape index (κ2) is 7.30. The number of hydrogen-bond acceptors (Lipinski definition) is 3. The van der Waals surface area contributed by atoms with Crippen molar-refractivity contribution < 1.29 is 9.47 Å². The van der Waals surface area contributed by atoms with Crippen LogP contribution in [0.4, 0.5) is 0 Å². The third-order valence-corrected chi connectivity index (χ3v) is 2.31. The molecule has 0 unspecified atom stereocenters. The maximum atomic E-state index is 5.58. The van der Waals surface area contributed by atoms with Crippen molar-refractivity contribution in [2.24, 2.45) is 0 Å². The molecule has 78 valence electrons. The highest BCUT2D eigenvalue weighted by Crippen LogP contribution is 2.21. The van der Waals surface area contributed by atoms with E-state index in [0.717, 1.165) is 32.9 Å². The lowest BCUT2D eigenvalue weighted by molar-refractivity contribution is 0.00382. The molecule has 0 heterocycles. The highest BCUT2D eigenvalue weighted by molar-refractivity contribution is 4.68. The summed E-state index contributed by atoms with van der Waals surface area (Å²) < 4.78 is 10.8. The Morgan fingerprint density at radius 1 is 1.23 bits per heavy atom. The molecule has 0 radical (unpaired) electrons. The average Bonchev–Trinajstić information content (AvgIpc) is 2.07. The van der Waals surface area contributed by atoms with Gasteiger partial charge in [-0.25, -0.2) is 0 Å². The first kappa shape index (κ1) is 11.0. The summed E-state index contributed by atoms with van der Waals surface area (Å²) in [6.45, 7) is 6.35. The normalized spacial score (nSPS) is 17.3. The van der Waals surface area contributed by atoms with E-state index in [1.165, 1.54) is 19.3 Å². The summed E-state index contributed by atoms with van der Waals surface area (Å²) in [5, 5.41) is 3.27. The predicted molar refractivity (Wildman–Crippen MR) is 53.0 cm³/mol. The van der Waals surface area contributed by atoms with Crippen molar-refractivity contribution in [2.45, 2.75) is 32.3 Å². The Hall–Kier alpha value is -0.120. The van der Waals surface area contributed by atoms with Crippen molar-refractivity contribution in [3.63, 3.8) is 0 Å². The summed E-state index contributed by atoms with van der Waals surface area (Å²) in [6, 6.07) is 0. The molecule has 1 saturated carbocycles. The van der Waals surface area contributed by atoms with Gasteiger partial charge in [-0.15, -0.1) is 0 Å². The molecule has 1 rings (SSSR count). The van der Waals surface area contributed by atoms with E-state index in [2.05, 4.69) is 5.32 Å². The van der Waals surface area contributed by atoms with Gasteiger partial charge in [-0.05, 0) is 26.2 Å². The van der Waals surface area contributed by atoms with E-state index in [-0.39, 0.29) is 0 Å². The van der Waals surface area contributed by atoms with E-state index in [0.29, 0.717) is 6.10 Å². The van der Waals surface area contributed by atoms with Gasteiger partial charge < -0.3 is 14.8 Å². The third kappa shape index (κ3) is 5.24. The van der Waals surface area contributed by atoms with Crippen LogP contribution in [0, 0.1) is 0 Å². The maximum absolute atomic E-state index is 5.58. The molecule has 0 aromatic rings. The minimum atomic E-state index is 0.564. The van der Waals surface area contributed by atoms with Crippen LogP contribution in [0.2, 0.25) is 0 Å². The molecule has 3 nitrogen and oxygen atoms in total. The first-order valence-electron chi connectivity index (χ1n) is 5.33. The van der Waals surface area contributed by atoms with Crippen LogP contribution in [0.25, 0.3) is 0 Å². The molecular weight excluding hydrogens is 166 g/mol. The molecule has 0 amide bonds. The van der Waals surface area contributed by atoms with Gasteiger partial charge in [-0.2, -0.15) is 0 Å². The Labute approximate surface area is 80.8 Å². The lowest BCUT2D eigenvalue weighted by Gasteiger charge is -2.25. The minimum Gasteiger partial charge on any atom is -0.380 e. The average molecular weight is 187 g/mol. The lowest BCUT2D eigenvalue weighted by atomic mass is 9.96. The van der Waals surface area contributed by atoms with Crippen LogP contribution in [0.1, 0.15) is 26.2 Å². The Balaban J connectivity index is 1.68. The molecule has 0 saturated heterocycles. The zero-order chi connectivity index (χ0) is 9.36. The molecule has 1 aliphatic rings. The molecule has 1 N–H and O–H groups in total. The molecule has 0 aromatic heterocycles. The smallest absolute Gasteiger partial charge is 0.0594 e. The Morgan fingerprint density at radius 3 is 2.62 bits per heavy atom. The third-order valence-electron chi connectivity index (χ3n) is 2.31. The second-order valence-corrected chi connectivity index (χ2v) is 3.37. The van der Waals surface area contributed by atoms with Crippen LogP contribution in [-0.2, 0) is 9.47 Å². The summed E-state index contributed by atoms with van der Waals surface area (Å²) >= 11 is 0. The van der Waals surface area contributed by atoms with Crippen molar-refractivity contribution in [3.8, 4) is 0 Å². The van der Waals surface area contributed by atoms with Crippen molar-refractivity contribution >= 4 is 0 Å². The van der Waals surface area contributed by atoms with Crippen molar-refractivity contribution in [1.29, 1.82) is 0 Å². The largest absolute Gasteiger partial charge is 0.380 e. The van der Waals surface area contributed by atoms with Crippen molar-refractivity contribution in [2.75, 3.05) is 32.9 Å². The van der Waals surface area contributed by atoms with Gasteiger partial charge in [0.2, 0.25) is 0 Å². The first-order chi connectivity index (χ1) is 6.43. The lowest BCUT2D eigenvalue weighted by Crippen LogP contribution is -2.28. The highest BCUT2D eigenvalue weighted by atomic mass is 16.5. The summed E-state index contributed by atoms with van der Waals surface area (Å²) in [6.07, 6.45) is 4.44. The fourth-order valence-electron chi connectivity index (χ4n) is 1.25. The first-order valence-corrected chi connectivity index (χ1v) is 5.33. The molecule has 13 heavy (non-hydrogen) atoms. The van der Waals surface area contributed by atoms with Gasteiger partial charge in [0.15, 0.2) is 0 Å². The molecular formula is C10H21NO2. The van der Waals surface area contributed by atoms with Gasteiger partial charge in [0, 0.05) is 19.7 Å². The van der Waals surface area contributed by atoms with Crippen LogP contribution in [0.15, 0.2) is 0 Å². The molecule has 1 fully saturated rings. The number of ether oxygens (including phenoxy) is 2. The molecule has 1 aliphatic carbocycles. The van der Waals surface area contributed by atoms with Gasteiger partial charge >= 0.3 is 0 Å². The van der Waals surface area contributed by atoms with E-state index >= 15 is 0 Å². The zero-order valence-electron chi connectivity index (χ0n) is 8.55. The fourth-order valence-corrected chi connectivity index (χ4v) is 1.25. The van der Waals surface area contributed by atoms with Crippen LogP contribution in [-0.4, -0.2) is 39.0 Å². The molecule has 3 heteroatoms. The van der Waals surface area contributed by atoms with E-state index in [9.17, 15) is 0 Å². The molecule has 0 aliphatic heterocycles. The van der Waals surface area contributed by atoms with Gasteiger partial charge in [-0.1, -0.05) is 0 Å². The Bertz CT molecular complexity index is 115. The van der Waals surface area contributed by atoms with Crippen molar-refractivity contribution in [1.82, 2.24) is 5.32 Å². The summed E-state index contributed by atoms with van der Waals surface area (Å²) in [7, 11) is 0. The quantitative estimate of drug-likeness (QED) is 0.579. The summed E-state index contributed by atoms with van der Waals surface area (Å²) in [5.74, 6) is 0. The van der Waals surface area contributed by atoms with Crippen LogP contribution < -0.4 is 5.32 Å². The fraction of sp³-hybridized carbons (Fsp3) is 1.00. The second-order valence-electron chi connectivity index (χ2n) is 3.37. The molecule has 0 spiro atoms. The van der Waals surface area contributed by atoms with Gasteiger partial charge in [0.05, 0.1) is 19.3 Å². The standard InChI is InChI=1S/C10H21NO2/c1-2-12-8-6-11-7-9-13-10-4-3-5-10/h10-11H,2-9H2,1H3. The van der Waals surface area contributed by atoms with Gasteiger partial charge in [0.25, 0.3) is 0 Å². The van der Waals surface area contributed by atoms with E-state index in [1.807, 2.05) is 6.92 Å². The molecule has 0 aromatic carbocycles. The topological polar surface area (TPSA) is 30.5 Å². The Morgan fingerprint density at radius 2 is 2.00 bits per heavy atom. The van der Waals surface area contributed by atoms with E-state index in [1.54, 1.807) is 0 Å². The van der Waals surface area contributed by atoms with E-state index < -0.39 is 0 Å². The van der Waals surface area contributed by atoms with Crippen LogP contribution in [0.5, 0.6) is 0 Å². The predicted octanol–water partition coefficient (Wildman–Crippen LogP) is 1.18. The van der Waals surface area contributed by atoms with Crippen LogP contribution >= 0.6 is 0 Å². The maximum Gasteiger partial charge on any atom is 0.0594 e. The number of hydrogen-bond donors (Lipinski definition) is 1. The van der Waals surface area contributed by atoms with Crippen LogP contribution in [0.3, 0.4) is 0 Å². The van der Waals surface area contributed by atoms with E-state index in [4.69, 9.17) is 9.47 Å². The monoisotopic (exact) mass is 187 g/mol. The molecule has 0 bridgehead atoms. The van der Waals surface area contributed by atoms with Crippen molar-refractivity contribution in [3.05, 3.63) is 0 Å².